The first-order chi connectivity index (χ1) is 16.4. The molecule has 8 nitrogen and oxygen atoms in total. The molecule has 0 fully saturated rings. The van der Waals surface area contributed by atoms with Gasteiger partial charge in [-0.25, -0.2) is 0 Å². The van der Waals surface area contributed by atoms with Crippen molar-refractivity contribution in [1.29, 1.82) is 0 Å². The van der Waals surface area contributed by atoms with Gasteiger partial charge >= 0.3 is 0 Å². The molecule has 1 amide bonds. The number of amides is 1. The molecule has 0 spiro atoms. The minimum Gasteiger partial charge on any atom is -0.495 e. The molecule has 9 heteroatoms. The lowest BCUT2D eigenvalue weighted by Crippen LogP contribution is -2.15. The van der Waals surface area contributed by atoms with Crippen LogP contribution < -0.4 is 10.1 Å². The summed E-state index contributed by atoms with van der Waals surface area (Å²) in [5.41, 5.74) is 5.67. The topological polar surface area (TPSA) is 86.9 Å². The summed E-state index contributed by atoms with van der Waals surface area (Å²) >= 11 is 1.35. The lowest BCUT2D eigenvalue weighted by molar-refractivity contribution is -0.113. The van der Waals surface area contributed by atoms with Crippen LogP contribution in [0.2, 0.25) is 0 Å². The van der Waals surface area contributed by atoms with Gasteiger partial charge < -0.3 is 14.6 Å². The fourth-order valence-corrected chi connectivity index (χ4v) is 4.49. The lowest BCUT2D eigenvalue weighted by Gasteiger charge is -2.11. The van der Waals surface area contributed by atoms with E-state index in [-0.39, 0.29) is 11.7 Å². The highest BCUT2D eigenvalue weighted by Gasteiger charge is 2.20. The Bertz CT molecular complexity index is 1310. The molecular formula is C25H28N6O2S. The number of hydrogen-bond donors (Lipinski definition) is 1. The van der Waals surface area contributed by atoms with Crippen LogP contribution in [0.3, 0.4) is 0 Å². The van der Waals surface area contributed by atoms with Crippen LogP contribution in [0.1, 0.15) is 18.1 Å². The Kier molecular flexibility index (Phi) is 7.02. The van der Waals surface area contributed by atoms with E-state index >= 15 is 0 Å². The maximum absolute atomic E-state index is 12.7. The van der Waals surface area contributed by atoms with Crippen LogP contribution >= 0.6 is 11.8 Å². The first kappa shape index (κ1) is 23.6. The standard InChI is InChI=1S/C25H28N6O2S/c1-6-31-24(19-14-30(4)29-23(19)18-10-7-16(2)8-11-18)27-28-25(31)34-15-22(32)26-20-13-17(3)9-12-21(20)33-5/h7-14H,6,15H2,1-5H3,(H,26,32). The van der Waals surface area contributed by atoms with E-state index in [1.54, 1.807) is 11.8 Å². The number of hydrogen-bond acceptors (Lipinski definition) is 6. The molecule has 2 heterocycles. The van der Waals surface area contributed by atoms with Crippen molar-refractivity contribution in [2.75, 3.05) is 18.2 Å². The molecule has 0 aliphatic rings. The number of nitrogens with one attached hydrogen (secondary N) is 1. The number of carbonyl (C=O) groups is 1. The molecule has 0 radical (unpaired) electrons. The van der Waals surface area contributed by atoms with Gasteiger partial charge in [0, 0.05) is 25.4 Å². The van der Waals surface area contributed by atoms with E-state index in [4.69, 9.17) is 4.74 Å². The minimum absolute atomic E-state index is 0.136. The molecule has 0 unspecified atom stereocenters. The molecule has 0 saturated heterocycles. The molecule has 34 heavy (non-hydrogen) atoms. The fraction of sp³-hybridized carbons (Fsp3) is 0.280. The number of methoxy groups -OCH3 is 1. The number of carbonyl (C=O) groups excluding carboxylic acids is 1. The monoisotopic (exact) mass is 476 g/mol. The van der Waals surface area contributed by atoms with Gasteiger partial charge in [-0.1, -0.05) is 47.7 Å². The fourth-order valence-electron chi connectivity index (χ4n) is 3.69. The third-order valence-corrected chi connectivity index (χ3v) is 6.36. The van der Waals surface area contributed by atoms with Crippen LogP contribution in [-0.4, -0.2) is 43.3 Å². The smallest absolute Gasteiger partial charge is 0.234 e. The number of aromatic nitrogens is 5. The highest BCUT2D eigenvalue weighted by atomic mass is 32.2. The Morgan fingerprint density at radius 1 is 1.09 bits per heavy atom. The van der Waals surface area contributed by atoms with Crippen molar-refractivity contribution in [1.82, 2.24) is 24.5 Å². The van der Waals surface area contributed by atoms with Gasteiger partial charge in [-0.15, -0.1) is 10.2 Å². The Balaban J connectivity index is 1.55. The van der Waals surface area contributed by atoms with Gasteiger partial charge in [-0.3, -0.25) is 9.48 Å². The van der Waals surface area contributed by atoms with Gasteiger partial charge in [0.25, 0.3) is 0 Å². The molecule has 0 aliphatic carbocycles. The number of thioether (sulfide) groups is 1. The van der Waals surface area contributed by atoms with Crippen molar-refractivity contribution in [3.8, 4) is 28.4 Å². The summed E-state index contributed by atoms with van der Waals surface area (Å²) in [7, 11) is 3.48. The molecule has 0 bridgehead atoms. The second kappa shape index (κ2) is 10.1. The number of anilines is 1. The normalized spacial score (nSPS) is 11.0. The molecule has 2 aromatic heterocycles. The molecule has 176 valence electrons. The zero-order chi connectivity index (χ0) is 24.2. The maximum atomic E-state index is 12.7. The molecule has 0 saturated carbocycles. The van der Waals surface area contributed by atoms with E-state index in [0.717, 1.165) is 28.2 Å². The number of nitrogens with zero attached hydrogens (tertiary/aromatic N) is 5. The summed E-state index contributed by atoms with van der Waals surface area (Å²) in [6.45, 7) is 6.74. The molecule has 4 rings (SSSR count). The molecular weight excluding hydrogens is 448 g/mol. The third kappa shape index (κ3) is 4.99. The largest absolute Gasteiger partial charge is 0.495 e. The van der Waals surface area contributed by atoms with Gasteiger partial charge in [-0.2, -0.15) is 5.10 Å². The van der Waals surface area contributed by atoms with Crippen LogP contribution in [-0.2, 0) is 18.4 Å². The summed E-state index contributed by atoms with van der Waals surface area (Å²) in [4.78, 5) is 12.7. The van der Waals surface area contributed by atoms with Crippen molar-refractivity contribution in [2.45, 2.75) is 32.5 Å². The molecule has 4 aromatic rings. The van der Waals surface area contributed by atoms with E-state index in [1.807, 2.05) is 49.9 Å². The first-order valence-corrected chi connectivity index (χ1v) is 12.0. The van der Waals surface area contributed by atoms with Gasteiger partial charge in [0.2, 0.25) is 5.91 Å². The summed E-state index contributed by atoms with van der Waals surface area (Å²) in [6, 6.07) is 13.9. The van der Waals surface area contributed by atoms with Gasteiger partial charge in [-0.05, 0) is 38.5 Å². The molecule has 2 aromatic carbocycles. The Labute approximate surface area is 203 Å². The van der Waals surface area contributed by atoms with E-state index in [0.29, 0.717) is 23.1 Å². The summed E-state index contributed by atoms with van der Waals surface area (Å²) in [5.74, 6) is 1.42. The van der Waals surface area contributed by atoms with E-state index in [2.05, 4.69) is 51.8 Å². The summed E-state index contributed by atoms with van der Waals surface area (Å²) in [6.07, 6.45) is 1.95. The second-order valence-electron chi connectivity index (χ2n) is 8.02. The summed E-state index contributed by atoms with van der Waals surface area (Å²) < 4.78 is 9.15. The first-order valence-electron chi connectivity index (χ1n) is 11.0. The average molecular weight is 477 g/mol. The Morgan fingerprint density at radius 2 is 1.82 bits per heavy atom. The van der Waals surface area contributed by atoms with Gasteiger partial charge in [0.15, 0.2) is 11.0 Å². The maximum Gasteiger partial charge on any atom is 0.234 e. The van der Waals surface area contributed by atoms with Crippen LogP contribution in [0.15, 0.2) is 53.8 Å². The predicted molar refractivity (Wildman–Crippen MR) is 135 cm³/mol. The van der Waals surface area contributed by atoms with Crippen LogP contribution in [0, 0.1) is 13.8 Å². The van der Waals surface area contributed by atoms with Gasteiger partial charge in [0.1, 0.15) is 11.4 Å². The minimum atomic E-state index is -0.136. The van der Waals surface area contributed by atoms with Crippen molar-refractivity contribution in [3.05, 3.63) is 59.8 Å². The van der Waals surface area contributed by atoms with E-state index in [1.165, 1.54) is 17.3 Å². The second-order valence-corrected chi connectivity index (χ2v) is 8.96. The molecule has 1 N–H and O–H groups in total. The van der Waals surface area contributed by atoms with Crippen LogP contribution in [0.5, 0.6) is 5.75 Å². The van der Waals surface area contributed by atoms with Crippen LogP contribution in [0.4, 0.5) is 5.69 Å². The SMILES string of the molecule is CCn1c(SCC(=O)Nc2cc(C)ccc2OC)nnc1-c1cn(C)nc1-c1ccc(C)cc1. The number of benzene rings is 2. The number of rotatable bonds is 8. The zero-order valence-electron chi connectivity index (χ0n) is 20.0. The average Bonchev–Trinajstić information content (AvgIpc) is 3.41. The Hall–Kier alpha value is -3.59. The zero-order valence-corrected chi connectivity index (χ0v) is 20.8. The van der Waals surface area contributed by atoms with Gasteiger partial charge in [0.05, 0.1) is 24.1 Å². The number of ether oxygens (including phenoxy) is 1. The highest BCUT2D eigenvalue weighted by Crippen LogP contribution is 2.32. The molecule has 0 aliphatic heterocycles. The Morgan fingerprint density at radius 3 is 2.53 bits per heavy atom. The van der Waals surface area contributed by atoms with Crippen molar-refractivity contribution in [2.24, 2.45) is 7.05 Å². The quantitative estimate of drug-likeness (QED) is 0.370. The van der Waals surface area contributed by atoms with E-state index < -0.39 is 0 Å². The highest BCUT2D eigenvalue weighted by molar-refractivity contribution is 7.99. The lowest BCUT2D eigenvalue weighted by atomic mass is 10.1. The third-order valence-electron chi connectivity index (χ3n) is 5.39. The number of aryl methyl sites for hydroxylation is 3. The van der Waals surface area contributed by atoms with Crippen LogP contribution in [0.25, 0.3) is 22.6 Å². The van der Waals surface area contributed by atoms with Crippen molar-refractivity contribution in [3.63, 3.8) is 0 Å². The predicted octanol–water partition coefficient (Wildman–Crippen LogP) is 4.72. The van der Waals surface area contributed by atoms with Crippen molar-refractivity contribution >= 4 is 23.4 Å². The van der Waals surface area contributed by atoms with Crippen molar-refractivity contribution < 1.29 is 9.53 Å². The summed E-state index contributed by atoms with van der Waals surface area (Å²) in [5, 5.41) is 17.1. The molecule has 0 atom stereocenters. The van der Waals surface area contributed by atoms with E-state index in [9.17, 15) is 4.79 Å².